The summed E-state index contributed by atoms with van der Waals surface area (Å²) in [5.41, 5.74) is 0. The number of hydrogen-bond acceptors (Lipinski definition) is 5. The molecule has 0 aromatic carbocycles. The highest BCUT2D eigenvalue weighted by molar-refractivity contribution is 5.76. The SMILES string of the molecule is CC#CCC(C)[C@H](O)C=C[C@H]1[C@H](O)CC2[C@@H]1CC1CCCC(C(=O)OC)N12. The van der Waals surface area contributed by atoms with Crippen molar-refractivity contribution in [3.63, 3.8) is 0 Å². The lowest BCUT2D eigenvalue weighted by Gasteiger charge is -2.39. The summed E-state index contributed by atoms with van der Waals surface area (Å²) < 4.78 is 5.04. The first-order chi connectivity index (χ1) is 13.0. The summed E-state index contributed by atoms with van der Waals surface area (Å²) in [7, 11) is 1.46. The van der Waals surface area contributed by atoms with Crippen LogP contribution in [0.4, 0.5) is 0 Å². The molecular formula is C22H33NO4. The van der Waals surface area contributed by atoms with E-state index in [-0.39, 0.29) is 29.9 Å². The van der Waals surface area contributed by atoms with Gasteiger partial charge in [-0.05, 0) is 50.9 Å². The van der Waals surface area contributed by atoms with Crippen LogP contribution in [0.5, 0.6) is 0 Å². The number of carbonyl (C=O) groups is 1. The van der Waals surface area contributed by atoms with Gasteiger partial charge in [-0.2, -0.15) is 0 Å². The van der Waals surface area contributed by atoms with E-state index in [4.69, 9.17) is 4.74 Å². The van der Waals surface area contributed by atoms with E-state index in [9.17, 15) is 15.0 Å². The van der Waals surface area contributed by atoms with Crippen molar-refractivity contribution in [3.8, 4) is 11.8 Å². The number of carbonyl (C=O) groups excluding carboxylic acids is 1. The average Bonchev–Trinajstić information content (AvgIpc) is 3.17. The van der Waals surface area contributed by atoms with Crippen molar-refractivity contribution in [1.82, 2.24) is 4.90 Å². The van der Waals surface area contributed by atoms with Crippen LogP contribution < -0.4 is 0 Å². The Morgan fingerprint density at radius 3 is 2.85 bits per heavy atom. The van der Waals surface area contributed by atoms with Gasteiger partial charge in [0.15, 0.2) is 0 Å². The van der Waals surface area contributed by atoms with Gasteiger partial charge < -0.3 is 14.9 Å². The van der Waals surface area contributed by atoms with Gasteiger partial charge in [-0.15, -0.1) is 11.8 Å². The minimum Gasteiger partial charge on any atom is -0.468 e. The van der Waals surface area contributed by atoms with Gasteiger partial charge >= 0.3 is 5.97 Å². The van der Waals surface area contributed by atoms with Crippen molar-refractivity contribution in [2.45, 2.75) is 82.7 Å². The molecule has 1 saturated carbocycles. The molecular weight excluding hydrogens is 342 g/mol. The zero-order chi connectivity index (χ0) is 19.6. The molecule has 1 aliphatic carbocycles. The highest BCUT2D eigenvalue weighted by atomic mass is 16.5. The van der Waals surface area contributed by atoms with Crippen molar-refractivity contribution in [1.29, 1.82) is 0 Å². The molecule has 8 atom stereocenters. The van der Waals surface area contributed by atoms with Gasteiger partial charge in [-0.1, -0.05) is 19.1 Å². The summed E-state index contributed by atoms with van der Waals surface area (Å²) in [5, 5.41) is 21.0. The van der Waals surface area contributed by atoms with Crippen molar-refractivity contribution in [2.24, 2.45) is 17.8 Å². The second kappa shape index (κ2) is 8.77. The van der Waals surface area contributed by atoms with E-state index in [1.54, 1.807) is 6.92 Å². The highest BCUT2D eigenvalue weighted by Crippen LogP contribution is 2.49. The van der Waals surface area contributed by atoms with E-state index in [0.29, 0.717) is 24.8 Å². The smallest absolute Gasteiger partial charge is 0.323 e. The predicted octanol–water partition coefficient (Wildman–Crippen LogP) is 2.12. The number of ether oxygens (including phenoxy) is 1. The van der Waals surface area contributed by atoms with E-state index in [2.05, 4.69) is 16.7 Å². The molecule has 3 rings (SSSR count). The zero-order valence-electron chi connectivity index (χ0n) is 16.7. The van der Waals surface area contributed by atoms with Crippen molar-refractivity contribution in [2.75, 3.05) is 7.11 Å². The third-order valence-corrected chi connectivity index (χ3v) is 6.83. The molecule has 2 saturated heterocycles. The van der Waals surface area contributed by atoms with E-state index >= 15 is 0 Å². The van der Waals surface area contributed by atoms with Crippen molar-refractivity contribution >= 4 is 5.97 Å². The van der Waals surface area contributed by atoms with Gasteiger partial charge in [-0.25, -0.2) is 0 Å². The molecule has 27 heavy (non-hydrogen) atoms. The number of nitrogens with zero attached hydrogens (tertiary/aromatic N) is 1. The maximum Gasteiger partial charge on any atom is 0.323 e. The number of hydrogen-bond donors (Lipinski definition) is 2. The third-order valence-electron chi connectivity index (χ3n) is 6.83. The Hall–Kier alpha value is -1.35. The maximum absolute atomic E-state index is 12.3. The summed E-state index contributed by atoms with van der Waals surface area (Å²) in [6.07, 6.45) is 8.26. The van der Waals surface area contributed by atoms with Crippen LogP contribution in [-0.4, -0.2) is 58.5 Å². The first-order valence-electron chi connectivity index (χ1n) is 10.3. The third kappa shape index (κ3) is 4.08. The molecule has 2 N–H and O–H groups in total. The van der Waals surface area contributed by atoms with E-state index in [1.807, 2.05) is 19.1 Å². The molecule has 0 aromatic heterocycles. The molecule has 4 unspecified atom stereocenters. The number of fused-ring (bicyclic) bond motifs is 3. The monoisotopic (exact) mass is 375 g/mol. The number of methoxy groups -OCH3 is 1. The van der Waals surface area contributed by atoms with Crippen LogP contribution in [0, 0.1) is 29.6 Å². The molecule has 2 heterocycles. The van der Waals surface area contributed by atoms with Gasteiger partial charge in [0.1, 0.15) is 6.04 Å². The first kappa shape index (κ1) is 20.4. The average molecular weight is 376 g/mol. The minimum absolute atomic E-state index is 0.0398. The van der Waals surface area contributed by atoms with Gasteiger partial charge in [0, 0.05) is 24.4 Å². The predicted molar refractivity (Wildman–Crippen MR) is 104 cm³/mol. The largest absolute Gasteiger partial charge is 0.468 e. The normalized spacial score (nSPS) is 38.0. The highest BCUT2D eigenvalue weighted by Gasteiger charge is 2.55. The number of esters is 1. The van der Waals surface area contributed by atoms with Gasteiger partial charge in [0.25, 0.3) is 0 Å². The molecule has 0 spiro atoms. The minimum atomic E-state index is -0.552. The van der Waals surface area contributed by atoms with Crippen LogP contribution in [0.25, 0.3) is 0 Å². The van der Waals surface area contributed by atoms with Crippen LogP contribution >= 0.6 is 0 Å². The van der Waals surface area contributed by atoms with Gasteiger partial charge in [0.2, 0.25) is 0 Å². The number of rotatable bonds is 5. The molecule has 5 heteroatoms. The Morgan fingerprint density at radius 2 is 2.15 bits per heavy atom. The number of aliphatic hydroxyl groups is 2. The lowest BCUT2D eigenvalue weighted by atomic mass is 9.88. The molecule has 0 radical (unpaired) electrons. The van der Waals surface area contributed by atoms with E-state index < -0.39 is 12.2 Å². The lowest BCUT2D eigenvalue weighted by Crippen LogP contribution is -2.51. The maximum atomic E-state index is 12.3. The van der Waals surface area contributed by atoms with Gasteiger partial charge in [-0.3, -0.25) is 9.69 Å². The molecule has 3 aliphatic rings. The quantitative estimate of drug-likeness (QED) is 0.438. The summed E-state index contributed by atoms with van der Waals surface area (Å²) >= 11 is 0. The Labute approximate surface area is 162 Å². The summed E-state index contributed by atoms with van der Waals surface area (Å²) in [6.45, 7) is 3.80. The molecule has 0 bridgehead atoms. The van der Waals surface area contributed by atoms with Crippen LogP contribution in [0.15, 0.2) is 12.2 Å². The zero-order valence-corrected chi connectivity index (χ0v) is 16.7. The Bertz CT molecular complexity index is 622. The van der Waals surface area contributed by atoms with Crippen LogP contribution in [0.2, 0.25) is 0 Å². The molecule has 150 valence electrons. The Kier molecular flexibility index (Phi) is 6.62. The topological polar surface area (TPSA) is 70.0 Å². The standard InChI is InChI=1S/C22H33NO4/c1-4-5-7-14(2)20(24)11-10-16-17-12-15-8-6-9-18(22(26)27-3)23(15)19(17)13-21(16)25/h10-11,14-21,24-25H,6-9,12-13H2,1-3H3/t14?,15?,16-,17-,18?,19?,20-,21-/m1/s1. The van der Waals surface area contributed by atoms with Crippen LogP contribution in [-0.2, 0) is 9.53 Å². The molecule has 2 aliphatic heterocycles. The van der Waals surface area contributed by atoms with Crippen molar-refractivity contribution in [3.05, 3.63) is 12.2 Å². The van der Waals surface area contributed by atoms with Crippen molar-refractivity contribution < 1.29 is 19.7 Å². The number of aliphatic hydroxyl groups excluding tert-OH is 2. The molecule has 5 nitrogen and oxygen atoms in total. The fraction of sp³-hybridized carbons (Fsp3) is 0.773. The first-order valence-corrected chi connectivity index (χ1v) is 10.3. The molecule has 0 aromatic rings. The number of piperidine rings is 1. The fourth-order valence-corrected chi connectivity index (χ4v) is 5.40. The second-order valence-electron chi connectivity index (χ2n) is 8.40. The fourth-order valence-electron chi connectivity index (χ4n) is 5.40. The summed E-state index contributed by atoms with van der Waals surface area (Å²) in [4.78, 5) is 14.6. The van der Waals surface area contributed by atoms with Crippen LogP contribution in [0.3, 0.4) is 0 Å². The van der Waals surface area contributed by atoms with E-state index in [1.165, 1.54) is 7.11 Å². The summed E-state index contributed by atoms with van der Waals surface area (Å²) in [6, 6.07) is 0.464. The Balaban J connectivity index is 1.70. The summed E-state index contributed by atoms with van der Waals surface area (Å²) in [5.74, 6) is 6.18. The lowest BCUT2D eigenvalue weighted by molar-refractivity contribution is -0.150. The molecule has 0 amide bonds. The van der Waals surface area contributed by atoms with E-state index in [0.717, 1.165) is 25.7 Å². The van der Waals surface area contributed by atoms with Gasteiger partial charge in [0.05, 0.1) is 19.3 Å². The Morgan fingerprint density at radius 1 is 1.37 bits per heavy atom. The van der Waals surface area contributed by atoms with Crippen LogP contribution in [0.1, 0.15) is 52.4 Å². The second-order valence-corrected chi connectivity index (χ2v) is 8.40. The molecule has 3 fully saturated rings.